The van der Waals surface area contributed by atoms with Crippen LogP contribution >= 0.6 is 11.3 Å². The van der Waals surface area contributed by atoms with E-state index in [1.165, 1.54) is 11.3 Å². The maximum absolute atomic E-state index is 11.9. The summed E-state index contributed by atoms with van der Waals surface area (Å²) in [6.45, 7) is 4.83. The van der Waals surface area contributed by atoms with Gasteiger partial charge in [0, 0.05) is 6.42 Å². The molecule has 0 radical (unpaired) electrons. The topological polar surface area (TPSA) is 118 Å². The maximum Gasteiger partial charge on any atom is 0.306 e. The third kappa shape index (κ3) is 5.13. The van der Waals surface area contributed by atoms with Crippen LogP contribution < -0.4 is 5.32 Å². The Kier molecular flexibility index (Phi) is 6.46. The third-order valence-electron chi connectivity index (χ3n) is 3.90. The first-order chi connectivity index (χ1) is 12.3. The highest BCUT2D eigenvalue weighted by Gasteiger charge is 2.30. The average molecular weight is 376 g/mol. The van der Waals surface area contributed by atoms with Crippen molar-refractivity contribution in [1.82, 2.24) is 15.5 Å². The number of carbonyl (C=O) groups excluding carboxylic acids is 2. The lowest BCUT2D eigenvalue weighted by Gasteiger charge is -2.27. The van der Waals surface area contributed by atoms with Gasteiger partial charge in [-0.2, -0.15) is 10.2 Å². The number of rotatable bonds is 8. The highest BCUT2D eigenvalue weighted by Crippen LogP contribution is 2.21. The van der Waals surface area contributed by atoms with E-state index in [9.17, 15) is 9.59 Å². The van der Waals surface area contributed by atoms with E-state index >= 15 is 0 Å². The second-order valence-corrected chi connectivity index (χ2v) is 7.11. The predicted molar refractivity (Wildman–Crippen MR) is 93.9 cm³/mol. The molecule has 8 nitrogen and oxygen atoms in total. The number of nitrogens with one attached hydrogen (secondary N) is 1. The normalized spacial score (nSPS) is 13.0. The van der Waals surface area contributed by atoms with Crippen molar-refractivity contribution >= 4 is 23.2 Å². The number of thiophene rings is 1. The summed E-state index contributed by atoms with van der Waals surface area (Å²) in [5.41, 5.74) is -1.01. The number of hydrogen-bond acceptors (Lipinski definition) is 8. The standard InChI is InChI=1S/C17H20N4O4S/c1-11(2)17(3,10-18)20-13(22)9-24-15(23)7-6-14-19-16(21-25-14)12-5-4-8-26-12/h4-5,8,11H,6-7,9H2,1-3H3,(H,20,22)/t17-/m1/s1. The molecule has 1 atom stereocenters. The van der Waals surface area contributed by atoms with Crippen LogP contribution in [0.5, 0.6) is 0 Å². The van der Waals surface area contributed by atoms with Gasteiger partial charge in [0.25, 0.3) is 5.91 Å². The summed E-state index contributed by atoms with van der Waals surface area (Å²) in [5.74, 6) is -0.353. The number of carbonyl (C=O) groups is 2. The first-order valence-electron chi connectivity index (χ1n) is 8.08. The smallest absolute Gasteiger partial charge is 0.306 e. The Morgan fingerprint density at radius 2 is 2.27 bits per heavy atom. The molecule has 2 aromatic rings. The molecule has 138 valence electrons. The molecule has 0 fully saturated rings. The molecule has 0 spiro atoms. The Morgan fingerprint density at radius 3 is 2.88 bits per heavy atom. The fraction of sp³-hybridized carbons (Fsp3) is 0.471. The van der Waals surface area contributed by atoms with Crippen LogP contribution in [0.2, 0.25) is 0 Å². The minimum absolute atomic E-state index is 0.0129. The third-order valence-corrected chi connectivity index (χ3v) is 4.77. The quantitative estimate of drug-likeness (QED) is 0.702. The first kappa shape index (κ1) is 19.6. The fourth-order valence-corrected chi connectivity index (χ4v) is 2.57. The van der Waals surface area contributed by atoms with Crippen molar-refractivity contribution in [1.29, 1.82) is 5.26 Å². The molecule has 0 unspecified atom stereocenters. The molecule has 1 amide bonds. The van der Waals surface area contributed by atoms with Gasteiger partial charge in [-0.1, -0.05) is 25.1 Å². The van der Waals surface area contributed by atoms with Crippen LogP contribution in [0, 0.1) is 17.2 Å². The summed E-state index contributed by atoms with van der Waals surface area (Å²) < 4.78 is 10.0. The van der Waals surface area contributed by atoms with Crippen molar-refractivity contribution < 1.29 is 18.8 Å². The Balaban J connectivity index is 1.76. The van der Waals surface area contributed by atoms with Crippen LogP contribution in [0.1, 0.15) is 33.1 Å². The SMILES string of the molecule is CC(C)[C@@](C)(C#N)NC(=O)COC(=O)CCc1nc(-c2cccs2)no1. The lowest BCUT2D eigenvalue weighted by Crippen LogP contribution is -2.50. The van der Waals surface area contributed by atoms with Crippen LogP contribution in [0.4, 0.5) is 0 Å². The van der Waals surface area contributed by atoms with Gasteiger partial charge >= 0.3 is 5.97 Å². The molecule has 2 aromatic heterocycles. The van der Waals surface area contributed by atoms with Crippen molar-refractivity contribution in [2.75, 3.05) is 6.61 Å². The number of ether oxygens (including phenoxy) is 1. The zero-order chi connectivity index (χ0) is 19.2. The molecule has 26 heavy (non-hydrogen) atoms. The van der Waals surface area contributed by atoms with Gasteiger partial charge in [-0.3, -0.25) is 9.59 Å². The molecule has 1 N–H and O–H groups in total. The first-order valence-corrected chi connectivity index (χ1v) is 8.96. The van der Waals surface area contributed by atoms with Crippen molar-refractivity contribution in [3.05, 3.63) is 23.4 Å². The zero-order valence-electron chi connectivity index (χ0n) is 14.8. The van der Waals surface area contributed by atoms with Gasteiger partial charge in [-0.05, 0) is 24.3 Å². The summed E-state index contributed by atoms with van der Waals surface area (Å²) in [5, 5.41) is 17.5. The Labute approximate surface area is 155 Å². The van der Waals surface area contributed by atoms with Gasteiger partial charge in [0.1, 0.15) is 5.54 Å². The number of aromatic nitrogens is 2. The molecule has 0 bridgehead atoms. The largest absolute Gasteiger partial charge is 0.456 e. The van der Waals surface area contributed by atoms with Crippen molar-refractivity contribution in [2.45, 2.75) is 39.2 Å². The predicted octanol–water partition coefficient (Wildman–Crippen LogP) is 2.33. The summed E-state index contributed by atoms with van der Waals surface area (Å²) in [7, 11) is 0. The van der Waals surface area contributed by atoms with Crippen LogP contribution in [0.15, 0.2) is 22.0 Å². The molecule has 2 heterocycles. The van der Waals surface area contributed by atoms with Gasteiger partial charge in [-0.25, -0.2) is 0 Å². The number of amides is 1. The minimum Gasteiger partial charge on any atom is -0.456 e. The Hall–Kier alpha value is -2.73. The molecule has 0 aliphatic heterocycles. The van der Waals surface area contributed by atoms with Crippen LogP contribution in [0.3, 0.4) is 0 Å². The van der Waals surface area contributed by atoms with E-state index in [1.54, 1.807) is 6.92 Å². The van der Waals surface area contributed by atoms with Gasteiger partial charge in [0.05, 0.1) is 17.4 Å². The Bertz CT molecular complexity index is 794. The number of hydrogen-bond donors (Lipinski definition) is 1. The second-order valence-electron chi connectivity index (χ2n) is 6.17. The van der Waals surface area contributed by atoms with E-state index in [1.807, 2.05) is 31.4 Å². The second kappa shape index (κ2) is 8.58. The van der Waals surface area contributed by atoms with E-state index in [2.05, 4.69) is 21.5 Å². The van der Waals surface area contributed by atoms with E-state index in [4.69, 9.17) is 14.5 Å². The molecule has 0 aromatic carbocycles. The molecule has 9 heteroatoms. The summed E-state index contributed by atoms with van der Waals surface area (Å²) >= 11 is 1.49. The lowest BCUT2D eigenvalue weighted by atomic mass is 9.90. The van der Waals surface area contributed by atoms with E-state index < -0.39 is 24.0 Å². The average Bonchev–Trinajstić information content (AvgIpc) is 3.28. The minimum atomic E-state index is -1.01. The van der Waals surface area contributed by atoms with E-state index in [0.29, 0.717) is 11.7 Å². The number of aryl methyl sites for hydroxylation is 1. The van der Waals surface area contributed by atoms with Gasteiger partial charge in [0.15, 0.2) is 6.61 Å². The molecule has 0 saturated heterocycles. The molecule has 0 saturated carbocycles. The zero-order valence-corrected chi connectivity index (χ0v) is 15.6. The maximum atomic E-state index is 11.9. The van der Waals surface area contributed by atoms with Gasteiger partial charge in [-0.15, -0.1) is 11.3 Å². The highest BCUT2D eigenvalue weighted by molar-refractivity contribution is 7.13. The van der Waals surface area contributed by atoms with Crippen LogP contribution in [-0.2, 0) is 20.7 Å². The number of esters is 1. The molecule has 2 rings (SSSR count). The Morgan fingerprint density at radius 1 is 1.50 bits per heavy atom. The monoisotopic (exact) mass is 376 g/mol. The molecule has 0 aliphatic carbocycles. The van der Waals surface area contributed by atoms with Crippen molar-refractivity contribution in [2.24, 2.45) is 5.92 Å². The number of nitrogens with zero attached hydrogens (tertiary/aromatic N) is 3. The van der Waals surface area contributed by atoms with Crippen LogP contribution in [0.25, 0.3) is 10.7 Å². The lowest BCUT2D eigenvalue weighted by molar-refractivity contribution is -0.149. The summed E-state index contributed by atoms with van der Waals surface area (Å²) in [6.07, 6.45) is 0.236. The van der Waals surface area contributed by atoms with Gasteiger partial charge < -0.3 is 14.6 Å². The fourth-order valence-electron chi connectivity index (χ4n) is 1.92. The molecule has 0 aliphatic rings. The highest BCUT2D eigenvalue weighted by atomic mass is 32.1. The van der Waals surface area contributed by atoms with E-state index in [0.717, 1.165) is 4.88 Å². The summed E-state index contributed by atoms with van der Waals surface area (Å²) in [4.78, 5) is 28.7. The molecular weight excluding hydrogens is 356 g/mol. The summed E-state index contributed by atoms with van der Waals surface area (Å²) in [6, 6.07) is 5.82. The van der Waals surface area contributed by atoms with Crippen molar-refractivity contribution in [3.8, 4) is 16.8 Å². The van der Waals surface area contributed by atoms with Gasteiger partial charge in [0.2, 0.25) is 11.7 Å². The van der Waals surface area contributed by atoms with E-state index in [-0.39, 0.29) is 18.8 Å². The number of nitriles is 1. The van der Waals surface area contributed by atoms with Crippen LogP contribution in [-0.4, -0.2) is 34.2 Å². The molecular formula is C17H20N4O4S. The van der Waals surface area contributed by atoms with Crippen molar-refractivity contribution in [3.63, 3.8) is 0 Å².